The number of H-pyrrole nitrogens is 1. The van der Waals surface area contributed by atoms with E-state index < -0.39 is 5.82 Å². The van der Waals surface area contributed by atoms with Crippen molar-refractivity contribution in [2.75, 3.05) is 0 Å². The molecule has 2 N–H and O–H groups in total. The molecule has 1 amide bonds. The molecular formula is C16H16FN5O. The molecule has 0 saturated carbocycles. The van der Waals surface area contributed by atoms with Crippen LogP contribution in [0, 0.1) is 12.7 Å². The molecule has 23 heavy (non-hydrogen) atoms. The second-order valence-corrected chi connectivity index (χ2v) is 5.34. The Morgan fingerprint density at radius 1 is 1.39 bits per heavy atom. The maximum atomic E-state index is 14.3. The van der Waals surface area contributed by atoms with Crippen LogP contribution in [0.1, 0.15) is 34.6 Å². The van der Waals surface area contributed by atoms with Crippen molar-refractivity contribution in [1.82, 2.24) is 25.3 Å². The summed E-state index contributed by atoms with van der Waals surface area (Å²) >= 11 is 0. The lowest BCUT2D eigenvalue weighted by Crippen LogP contribution is -2.27. The standard InChI is InChI=1S/C16H16FN5O/c1-10-8-19-22(9-10)15-4-3-12(7-13(15)17)11(2)20-16(23)14-5-6-18-21-14/h3-9,11H,1-2H3,(H,18,21)(H,20,23)/t11-/m1/s1. The summed E-state index contributed by atoms with van der Waals surface area (Å²) in [4.78, 5) is 12.0. The molecule has 7 heteroatoms. The second-order valence-electron chi connectivity index (χ2n) is 5.34. The van der Waals surface area contributed by atoms with Gasteiger partial charge >= 0.3 is 0 Å². The summed E-state index contributed by atoms with van der Waals surface area (Å²) in [5.74, 6) is -0.685. The predicted molar refractivity (Wildman–Crippen MR) is 82.7 cm³/mol. The number of halogens is 1. The number of nitrogens with one attached hydrogen (secondary N) is 2. The Morgan fingerprint density at radius 2 is 2.22 bits per heavy atom. The summed E-state index contributed by atoms with van der Waals surface area (Å²) in [5, 5.41) is 13.2. The van der Waals surface area contributed by atoms with Crippen LogP contribution in [0.3, 0.4) is 0 Å². The molecular weight excluding hydrogens is 297 g/mol. The third-order valence-electron chi connectivity index (χ3n) is 3.52. The van der Waals surface area contributed by atoms with Gasteiger partial charge in [0.05, 0.1) is 12.2 Å². The number of aromatic nitrogens is 4. The molecule has 2 heterocycles. The average Bonchev–Trinajstić information content (AvgIpc) is 3.18. The molecule has 0 aliphatic heterocycles. The first kappa shape index (κ1) is 15.0. The zero-order chi connectivity index (χ0) is 16.4. The van der Waals surface area contributed by atoms with Crippen molar-refractivity contribution >= 4 is 5.91 Å². The van der Waals surface area contributed by atoms with Crippen LogP contribution >= 0.6 is 0 Å². The van der Waals surface area contributed by atoms with E-state index in [2.05, 4.69) is 20.6 Å². The number of carbonyl (C=O) groups excluding carboxylic acids is 1. The molecule has 0 unspecified atom stereocenters. The third-order valence-corrected chi connectivity index (χ3v) is 3.52. The van der Waals surface area contributed by atoms with Gasteiger partial charge in [0.15, 0.2) is 0 Å². The summed E-state index contributed by atoms with van der Waals surface area (Å²) in [6, 6.07) is 6.06. The molecule has 0 fully saturated rings. The Morgan fingerprint density at radius 3 is 2.83 bits per heavy atom. The van der Waals surface area contributed by atoms with Gasteiger partial charge in [0.25, 0.3) is 5.91 Å². The summed E-state index contributed by atoms with van der Waals surface area (Å²) in [6.45, 7) is 3.68. The Balaban J connectivity index is 1.78. The smallest absolute Gasteiger partial charge is 0.269 e. The van der Waals surface area contributed by atoms with Crippen LogP contribution in [0.15, 0.2) is 42.9 Å². The average molecular weight is 313 g/mol. The Hall–Kier alpha value is -2.96. The molecule has 1 atom stereocenters. The molecule has 0 saturated heterocycles. The monoisotopic (exact) mass is 313 g/mol. The quantitative estimate of drug-likeness (QED) is 0.777. The summed E-state index contributed by atoms with van der Waals surface area (Å²) < 4.78 is 15.8. The fraction of sp³-hybridized carbons (Fsp3) is 0.188. The lowest BCUT2D eigenvalue weighted by molar-refractivity contribution is 0.0934. The summed E-state index contributed by atoms with van der Waals surface area (Å²) in [6.07, 6.45) is 4.92. The number of hydrogen-bond donors (Lipinski definition) is 2. The van der Waals surface area contributed by atoms with E-state index in [9.17, 15) is 9.18 Å². The number of aryl methyl sites for hydroxylation is 1. The third kappa shape index (κ3) is 3.13. The van der Waals surface area contributed by atoms with Gasteiger partial charge in [-0.05, 0) is 43.2 Å². The first-order valence-corrected chi connectivity index (χ1v) is 7.16. The maximum Gasteiger partial charge on any atom is 0.269 e. The fourth-order valence-electron chi connectivity index (χ4n) is 2.26. The summed E-state index contributed by atoms with van der Waals surface area (Å²) in [7, 11) is 0. The van der Waals surface area contributed by atoms with Gasteiger partial charge in [0.2, 0.25) is 0 Å². The number of rotatable bonds is 4. The Bertz CT molecular complexity index is 825. The van der Waals surface area contributed by atoms with E-state index in [1.165, 1.54) is 16.9 Å². The van der Waals surface area contributed by atoms with Crippen LogP contribution in [-0.4, -0.2) is 25.9 Å². The lowest BCUT2D eigenvalue weighted by Gasteiger charge is -2.15. The van der Waals surface area contributed by atoms with Crippen molar-refractivity contribution in [3.8, 4) is 5.69 Å². The minimum atomic E-state index is -0.395. The topological polar surface area (TPSA) is 75.6 Å². The summed E-state index contributed by atoms with van der Waals surface area (Å²) in [5.41, 5.74) is 2.35. The van der Waals surface area contributed by atoms with Crippen LogP contribution in [0.4, 0.5) is 4.39 Å². The highest BCUT2D eigenvalue weighted by molar-refractivity contribution is 5.92. The van der Waals surface area contributed by atoms with Gasteiger partial charge < -0.3 is 5.32 Å². The lowest BCUT2D eigenvalue weighted by atomic mass is 10.1. The molecule has 0 aliphatic carbocycles. The van der Waals surface area contributed by atoms with E-state index in [0.717, 1.165) is 5.56 Å². The highest BCUT2D eigenvalue weighted by Crippen LogP contribution is 2.20. The zero-order valence-electron chi connectivity index (χ0n) is 12.7. The fourth-order valence-corrected chi connectivity index (χ4v) is 2.26. The highest BCUT2D eigenvalue weighted by atomic mass is 19.1. The number of carbonyl (C=O) groups is 1. The molecule has 0 aliphatic rings. The van der Waals surface area contributed by atoms with Gasteiger partial charge in [-0.2, -0.15) is 10.2 Å². The minimum absolute atomic E-state index is 0.290. The zero-order valence-corrected chi connectivity index (χ0v) is 12.7. The van der Waals surface area contributed by atoms with Crippen LogP contribution in [0.2, 0.25) is 0 Å². The normalized spacial score (nSPS) is 12.1. The number of benzene rings is 1. The van der Waals surface area contributed by atoms with Gasteiger partial charge in [-0.15, -0.1) is 0 Å². The van der Waals surface area contributed by atoms with Crippen LogP contribution in [0.25, 0.3) is 5.69 Å². The van der Waals surface area contributed by atoms with E-state index in [-0.39, 0.29) is 11.9 Å². The van der Waals surface area contributed by atoms with Gasteiger partial charge in [-0.25, -0.2) is 9.07 Å². The van der Waals surface area contributed by atoms with E-state index >= 15 is 0 Å². The van der Waals surface area contributed by atoms with Crippen molar-refractivity contribution in [2.45, 2.75) is 19.9 Å². The van der Waals surface area contributed by atoms with Crippen molar-refractivity contribution in [2.24, 2.45) is 0 Å². The SMILES string of the molecule is Cc1cnn(-c2ccc([C@@H](C)NC(=O)c3ccn[nH]3)cc2F)c1. The molecule has 1 aromatic carbocycles. The number of amides is 1. The molecule has 6 nitrogen and oxygen atoms in total. The van der Waals surface area contributed by atoms with Crippen LogP contribution in [0.5, 0.6) is 0 Å². The number of nitrogens with zero attached hydrogens (tertiary/aromatic N) is 3. The number of hydrogen-bond acceptors (Lipinski definition) is 3. The number of aromatic amines is 1. The first-order chi connectivity index (χ1) is 11.0. The van der Waals surface area contributed by atoms with Gasteiger partial charge in [0, 0.05) is 12.4 Å². The van der Waals surface area contributed by atoms with Gasteiger partial charge in [0.1, 0.15) is 17.2 Å². The van der Waals surface area contributed by atoms with Gasteiger partial charge in [-0.1, -0.05) is 6.07 Å². The predicted octanol–water partition coefficient (Wildman–Crippen LogP) is 2.53. The maximum absolute atomic E-state index is 14.3. The Kier molecular flexibility index (Phi) is 3.92. The van der Waals surface area contributed by atoms with Gasteiger partial charge in [-0.3, -0.25) is 9.89 Å². The largest absolute Gasteiger partial charge is 0.344 e. The molecule has 3 aromatic rings. The van der Waals surface area contributed by atoms with Crippen LogP contribution in [-0.2, 0) is 0 Å². The Labute approximate surface area is 132 Å². The molecule has 118 valence electrons. The van der Waals surface area contributed by atoms with Crippen molar-refractivity contribution in [1.29, 1.82) is 0 Å². The molecule has 2 aromatic heterocycles. The van der Waals surface area contributed by atoms with Crippen molar-refractivity contribution < 1.29 is 9.18 Å². The molecule has 3 rings (SSSR count). The van der Waals surface area contributed by atoms with Crippen molar-refractivity contribution in [3.05, 3.63) is 65.5 Å². The highest BCUT2D eigenvalue weighted by Gasteiger charge is 2.14. The first-order valence-electron chi connectivity index (χ1n) is 7.16. The van der Waals surface area contributed by atoms with E-state index in [1.54, 1.807) is 37.5 Å². The van der Waals surface area contributed by atoms with Crippen molar-refractivity contribution in [3.63, 3.8) is 0 Å². The molecule has 0 bridgehead atoms. The molecule has 0 spiro atoms. The van der Waals surface area contributed by atoms with Crippen LogP contribution < -0.4 is 5.32 Å². The van der Waals surface area contributed by atoms with E-state index in [4.69, 9.17) is 0 Å². The van der Waals surface area contributed by atoms with E-state index in [0.29, 0.717) is 16.9 Å². The molecule has 0 radical (unpaired) electrons. The minimum Gasteiger partial charge on any atom is -0.344 e. The van der Waals surface area contributed by atoms with E-state index in [1.807, 2.05) is 6.92 Å². The second kappa shape index (κ2) is 6.04.